The van der Waals surface area contributed by atoms with Crippen LogP contribution in [-0.2, 0) is 77.3 Å². The van der Waals surface area contributed by atoms with Gasteiger partial charge in [0, 0.05) is 95.3 Å². The zero-order chi connectivity index (χ0) is 61.4. The number of carbonyl (C=O) groups excluding carboxylic acids is 3. The van der Waals surface area contributed by atoms with E-state index in [1.807, 2.05) is 88.4 Å². The summed E-state index contributed by atoms with van der Waals surface area (Å²) >= 11 is 0. The second-order valence-electron chi connectivity index (χ2n) is 22.7. The van der Waals surface area contributed by atoms with Gasteiger partial charge in [-0.15, -0.1) is 0 Å². The molecule has 0 aromatic heterocycles. The van der Waals surface area contributed by atoms with Gasteiger partial charge in [0.1, 0.15) is 23.0 Å². The number of ether oxygens (including phenoxy) is 7. The standard InChI is InChI=1S/C25H33NO3.C23H27NO4.C18H29NO2.C8H8O/c1-3-5-8-14-26-19-22-10-7-6-9-20(22)13-16-29-24-18-23(28-15-4-2)12-11-21(24)17-25(26)27;1-2-3-6-10-24-15-18-8-5-4-7-17(18)9-11-26-20-14-22-21(27-16-28-22)12-19(20)13-23(24)25;1-4-6-9-13-19(18(20)5-2)15-17-11-8-7-10-16(17)12-14-21-3;1-2-4-8-7(3-1)5-6-9-8/h6-7,9-12,18H,3-5,8,13-17,19H2,1-2H3;4-5,7-8,12,14H,2-3,6,9-11,13,15-16H2,1H3;7-8,10-11H,4-6,9,12-15H2,1-3H3;1-4H,5-6H2. The van der Waals surface area contributed by atoms with Crippen LogP contribution in [0.2, 0.25) is 0 Å². The minimum Gasteiger partial charge on any atom is -0.493 e. The topological polar surface area (TPSA) is 126 Å². The lowest BCUT2D eigenvalue weighted by molar-refractivity contribution is -0.132. The lowest BCUT2D eigenvalue weighted by Crippen LogP contribution is -2.33. The molecule has 0 aliphatic carbocycles. The molecule has 0 N–H and O–H groups in total. The number of rotatable bonds is 21. The molecule has 0 radical (unpaired) electrons. The Labute approximate surface area is 519 Å². The van der Waals surface area contributed by atoms with Crippen molar-refractivity contribution in [3.63, 3.8) is 0 Å². The number of methoxy groups -OCH3 is 1. The molecule has 0 bridgehead atoms. The average Bonchev–Trinajstić information content (AvgIpc) is 3.84. The van der Waals surface area contributed by atoms with Gasteiger partial charge in [-0.25, -0.2) is 0 Å². The number of hydrogen-bond acceptors (Lipinski definition) is 10. The summed E-state index contributed by atoms with van der Waals surface area (Å²) in [5, 5.41) is 0. The van der Waals surface area contributed by atoms with E-state index in [-0.39, 0.29) is 24.5 Å². The van der Waals surface area contributed by atoms with E-state index < -0.39 is 0 Å². The van der Waals surface area contributed by atoms with Gasteiger partial charge in [-0.1, -0.05) is 170 Å². The minimum atomic E-state index is 0.122. The summed E-state index contributed by atoms with van der Waals surface area (Å²) in [4.78, 5) is 44.6. The number of carbonyl (C=O) groups is 3. The zero-order valence-electron chi connectivity index (χ0n) is 53.1. The van der Waals surface area contributed by atoms with Gasteiger partial charge in [0.05, 0.1) is 45.9 Å². The summed E-state index contributed by atoms with van der Waals surface area (Å²) in [7, 11) is 1.72. The highest BCUT2D eigenvalue weighted by Crippen LogP contribution is 2.39. The fourth-order valence-electron chi connectivity index (χ4n) is 11.0. The average molecular weight is 1190 g/mol. The van der Waals surface area contributed by atoms with Gasteiger partial charge in [-0.3, -0.25) is 14.4 Å². The Morgan fingerprint density at radius 3 is 1.59 bits per heavy atom. The van der Waals surface area contributed by atoms with Crippen molar-refractivity contribution in [1.29, 1.82) is 0 Å². The van der Waals surface area contributed by atoms with E-state index in [0.717, 1.165) is 138 Å². The van der Waals surface area contributed by atoms with Crippen LogP contribution in [-0.4, -0.2) is 99.0 Å². The Bertz CT molecular complexity index is 3030. The first kappa shape index (κ1) is 67.0. The predicted molar refractivity (Wildman–Crippen MR) is 346 cm³/mol. The molecule has 87 heavy (non-hydrogen) atoms. The summed E-state index contributed by atoms with van der Waals surface area (Å²) in [5.74, 6) is 5.23. The monoisotopic (exact) mass is 1190 g/mol. The van der Waals surface area contributed by atoms with E-state index in [4.69, 9.17) is 33.2 Å². The first-order valence-corrected chi connectivity index (χ1v) is 32.3. The summed E-state index contributed by atoms with van der Waals surface area (Å²) in [5.41, 5.74) is 10.6. The molecule has 13 nitrogen and oxygen atoms in total. The van der Waals surface area contributed by atoms with Gasteiger partial charge in [-0.2, -0.15) is 0 Å². The molecular weight excluding hydrogens is 1090 g/mol. The van der Waals surface area contributed by atoms with Crippen molar-refractivity contribution in [1.82, 2.24) is 14.7 Å². The maximum Gasteiger partial charge on any atom is 0.231 e. The number of para-hydroxylation sites is 1. The van der Waals surface area contributed by atoms with Crippen LogP contribution in [0.15, 0.2) is 127 Å². The normalized spacial score (nSPS) is 14.0. The van der Waals surface area contributed by atoms with E-state index >= 15 is 0 Å². The number of unbranched alkanes of at least 4 members (excludes halogenated alkanes) is 6. The first-order valence-electron chi connectivity index (χ1n) is 32.3. The molecule has 468 valence electrons. The van der Waals surface area contributed by atoms with E-state index in [9.17, 15) is 14.4 Å². The molecule has 13 heteroatoms. The molecule has 0 saturated carbocycles. The van der Waals surface area contributed by atoms with Crippen LogP contribution >= 0.6 is 0 Å². The molecule has 4 heterocycles. The Morgan fingerprint density at radius 1 is 0.483 bits per heavy atom. The molecule has 4 aliphatic heterocycles. The maximum absolute atomic E-state index is 13.2. The third kappa shape index (κ3) is 21.4. The van der Waals surface area contributed by atoms with Crippen LogP contribution in [0.25, 0.3) is 0 Å². The Morgan fingerprint density at radius 2 is 1.00 bits per heavy atom. The van der Waals surface area contributed by atoms with Crippen LogP contribution in [0.4, 0.5) is 0 Å². The molecule has 0 unspecified atom stereocenters. The van der Waals surface area contributed by atoms with E-state index in [2.05, 4.69) is 88.4 Å². The number of benzene rings is 6. The van der Waals surface area contributed by atoms with Crippen molar-refractivity contribution in [2.45, 2.75) is 163 Å². The van der Waals surface area contributed by atoms with Crippen LogP contribution < -0.4 is 28.4 Å². The quantitative estimate of drug-likeness (QED) is 0.0643. The summed E-state index contributed by atoms with van der Waals surface area (Å²) in [6, 6.07) is 42.9. The number of amides is 3. The second-order valence-corrected chi connectivity index (χ2v) is 22.7. The third-order valence-electron chi connectivity index (χ3n) is 16.1. The van der Waals surface area contributed by atoms with Gasteiger partial charge in [-0.05, 0) is 89.2 Å². The highest BCUT2D eigenvalue weighted by Gasteiger charge is 2.25. The van der Waals surface area contributed by atoms with Gasteiger partial charge in [0.15, 0.2) is 11.5 Å². The van der Waals surface area contributed by atoms with E-state index in [1.165, 1.54) is 51.8 Å². The van der Waals surface area contributed by atoms with Gasteiger partial charge < -0.3 is 47.9 Å². The molecule has 4 aliphatic rings. The van der Waals surface area contributed by atoms with E-state index in [1.54, 1.807) is 7.11 Å². The summed E-state index contributed by atoms with van der Waals surface area (Å²) in [6.07, 6.45) is 15.9. The smallest absolute Gasteiger partial charge is 0.231 e. The largest absolute Gasteiger partial charge is 0.493 e. The first-order chi connectivity index (χ1) is 42.6. The number of fused-ring (bicyclic) bond motifs is 6. The lowest BCUT2D eigenvalue weighted by atomic mass is 10.0. The van der Waals surface area contributed by atoms with E-state index in [0.29, 0.717) is 76.0 Å². The molecular formula is C74H97N3O10. The number of hydrogen-bond donors (Lipinski definition) is 0. The van der Waals surface area contributed by atoms with Crippen molar-refractivity contribution >= 4 is 17.7 Å². The Kier molecular flexibility index (Phi) is 28.7. The molecule has 10 rings (SSSR count). The molecule has 3 amide bonds. The molecule has 6 aromatic rings. The van der Waals surface area contributed by atoms with Crippen molar-refractivity contribution in [3.8, 4) is 34.5 Å². The minimum absolute atomic E-state index is 0.122. The molecule has 6 aromatic carbocycles. The maximum atomic E-state index is 13.2. The highest BCUT2D eigenvalue weighted by molar-refractivity contribution is 5.81. The van der Waals surface area contributed by atoms with Crippen LogP contribution in [0.5, 0.6) is 34.5 Å². The van der Waals surface area contributed by atoms with Gasteiger partial charge in [0.25, 0.3) is 0 Å². The van der Waals surface area contributed by atoms with Gasteiger partial charge >= 0.3 is 0 Å². The van der Waals surface area contributed by atoms with Crippen molar-refractivity contribution < 1.29 is 47.5 Å². The van der Waals surface area contributed by atoms with Crippen LogP contribution in [0, 0.1) is 0 Å². The highest BCUT2D eigenvalue weighted by atomic mass is 16.7. The van der Waals surface area contributed by atoms with Gasteiger partial charge in [0.2, 0.25) is 24.5 Å². The second kappa shape index (κ2) is 37.2. The fourth-order valence-corrected chi connectivity index (χ4v) is 11.0. The predicted octanol–water partition coefficient (Wildman–Crippen LogP) is 14.7. The Hall–Kier alpha value is -7.51. The third-order valence-corrected chi connectivity index (χ3v) is 16.1. The van der Waals surface area contributed by atoms with Crippen LogP contribution in [0.1, 0.15) is 155 Å². The van der Waals surface area contributed by atoms with Crippen molar-refractivity contribution in [2.24, 2.45) is 0 Å². The fraction of sp³-hybridized carbons (Fsp3) is 0.473. The summed E-state index contributed by atoms with van der Waals surface area (Å²) < 4.78 is 39.4. The number of nitrogens with zero attached hydrogens (tertiary/aromatic N) is 3. The SMILES string of the molecule is CCCCCN(Cc1ccccc1CCOC)C(=O)CC.CCCCCN1Cc2ccccc2CCOc2cc(OCCC)ccc2CC1=O.CCCCCN1Cc2ccccc2CCOc2cc3c(cc2CC1=O)OCO3.c1ccc2c(c1)CCO2. The molecule has 0 atom stereocenters. The van der Waals surface area contributed by atoms with Crippen molar-refractivity contribution in [3.05, 3.63) is 177 Å². The molecule has 0 spiro atoms. The summed E-state index contributed by atoms with van der Waals surface area (Å²) in [6.45, 7) is 18.7. The lowest BCUT2D eigenvalue weighted by Gasteiger charge is -2.24. The molecule has 0 saturated heterocycles. The molecule has 0 fully saturated rings. The zero-order valence-corrected chi connectivity index (χ0v) is 53.1. The van der Waals surface area contributed by atoms with Crippen LogP contribution in [0.3, 0.4) is 0 Å². The Balaban J connectivity index is 0.000000175. The van der Waals surface area contributed by atoms with Crippen molar-refractivity contribution in [2.75, 3.05) is 66.6 Å².